The molecule has 4 rings (SSSR count). The molecule has 0 bridgehead atoms. The van der Waals surface area contributed by atoms with Gasteiger partial charge in [-0.05, 0) is 47.5 Å². The molecule has 1 N–H and O–H groups in total. The van der Waals surface area contributed by atoms with Crippen LogP contribution in [-0.2, 0) is 13.1 Å². The molecule has 0 aromatic heterocycles. The van der Waals surface area contributed by atoms with Crippen molar-refractivity contribution in [3.8, 4) is 0 Å². The molecule has 160 valence electrons. The number of piperazine rings is 1. The van der Waals surface area contributed by atoms with Gasteiger partial charge in [0.15, 0.2) is 0 Å². The van der Waals surface area contributed by atoms with Crippen molar-refractivity contribution in [1.82, 2.24) is 10.2 Å². The molecule has 0 aliphatic carbocycles. The van der Waals surface area contributed by atoms with Crippen molar-refractivity contribution < 1.29 is 9.18 Å². The maximum Gasteiger partial charge on any atom is 0.251 e. The molecule has 1 saturated heterocycles. The Morgan fingerprint density at radius 1 is 0.871 bits per heavy atom. The van der Waals surface area contributed by atoms with Gasteiger partial charge in [0.25, 0.3) is 5.91 Å². The summed E-state index contributed by atoms with van der Waals surface area (Å²) in [5.41, 5.74) is 3.76. The highest BCUT2D eigenvalue weighted by molar-refractivity contribution is 6.33. The highest BCUT2D eigenvalue weighted by Gasteiger charge is 2.19. The summed E-state index contributed by atoms with van der Waals surface area (Å²) in [6.45, 7) is 5.03. The lowest BCUT2D eigenvalue weighted by Crippen LogP contribution is -2.46. The SMILES string of the molecule is O=C(NCc1ccc(F)cc1)c1ccc(CN2CCN(c3ccccc3Cl)CC2)cc1. The molecule has 6 heteroatoms. The molecule has 1 aliphatic rings. The van der Waals surface area contributed by atoms with Crippen LogP contribution in [0.25, 0.3) is 0 Å². The van der Waals surface area contributed by atoms with E-state index in [1.807, 2.05) is 42.5 Å². The Labute approximate surface area is 187 Å². The number of para-hydroxylation sites is 1. The number of halogens is 2. The molecule has 3 aromatic carbocycles. The van der Waals surface area contributed by atoms with Gasteiger partial charge >= 0.3 is 0 Å². The van der Waals surface area contributed by atoms with Crippen LogP contribution >= 0.6 is 11.6 Å². The predicted octanol–water partition coefficient (Wildman–Crippen LogP) is 4.73. The number of carbonyl (C=O) groups is 1. The van der Waals surface area contributed by atoms with Crippen LogP contribution < -0.4 is 10.2 Å². The van der Waals surface area contributed by atoms with Crippen LogP contribution in [-0.4, -0.2) is 37.0 Å². The summed E-state index contributed by atoms with van der Waals surface area (Å²) in [5, 5.41) is 3.67. The minimum Gasteiger partial charge on any atom is -0.368 e. The summed E-state index contributed by atoms with van der Waals surface area (Å²) in [6, 6.07) is 21.8. The van der Waals surface area contributed by atoms with Crippen molar-refractivity contribution in [1.29, 1.82) is 0 Å². The Balaban J connectivity index is 1.26. The third kappa shape index (κ3) is 5.63. The number of hydrogen-bond donors (Lipinski definition) is 1. The van der Waals surface area contributed by atoms with Crippen LogP contribution in [0.4, 0.5) is 10.1 Å². The fraction of sp³-hybridized carbons (Fsp3) is 0.240. The van der Waals surface area contributed by atoms with Crippen LogP contribution in [0.5, 0.6) is 0 Å². The van der Waals surface area contributed by atoms with Crippen molar-refractivity contribution in [3.05, 3.63) is 100 Å². The molecule has 1 amide bonds. The first-order valence-electron chi connectivity index (χ1n) is 10.4. The summed E-state index contributed by atoms with van der Waals surface area (Å²) in [7, 11) is 0. The molecule has 31 heavy (non-hydrogen) atoms. The Hall–Kier alpha value is -2.89. The van der Waals surface area contributed by atoms with Crippen molar-refractivity contribution in [2.45, 2.75) is 13.1 Å². The molecule has 0 radical (unpaired) electrons. The van der Waals surface area contributed by atoms with Crippen LogP contribution in [0.3, 0.4) is 0 Å². The summed E-state index contributed by atoms with van der Waals surface area (Å²) in [6.07, 6.45) is 0. The molecule has 0 unspecified atom stereocenters. The third-order valence-corrected chi connectivity index (χ3v) is 5.87. The van der Waals surface area contributed by atoms with Crippen molar-refractivity contribution in [2.75, 3.05) is 31.1 Å². The molecular weight excluding hydrogens is 413 g/mol. The quantitative estimate of drug-likeness (QED) is 0.605. The number of hydrogen-bond acceptors (Lipinski definition) is 3. The second-order valence-corrected chi connectivity index (χ2v) is 8.13. The molecule has 1 fully saturated rings. The standard InChI is InChI=1S/C25H25ClFN3O/c26-23-3-1-2-4-24(23)30-15-13-29(14-16-30)18-20-5-9-21(10-6-20)25(31)28-17-19-7-11-22(27)12-8-19/h1-12H,13-18H2,(H,28,31). The van der Waals surface area contributed by atoms with E-state index in [1.165, 1.54) is 17.7 Å². The summed E-state index contributed by atoms with van der Waals surface area (Å²) < 4.78 is 13.0. The van der Waals surface area contributed by atoms with Gasteiger partial charge in [-0.25, -0.2) is 4.39 Å². The highest BCUT2D eigenvalue weighted by atomic mass is 35.5. The van der Waals surface area contributed by atoms with Gasteiger partial charge in [0, 0.05) is 44.8 Å². The third-order valence-electron chi connectivity index (χ3n) is 5.55. The fourth-order valence-electron chi connectivity index (χ4n) is 3.76. The average molecular weight is 438 g/mol. The zero-order valence-electron chi connectivity index (χ0n) is 17.2. The van der Waals surface area contributed by atoms with Crippen molar-refractivity contribution in [2.24, 2.45) is 0 Å². The van der Waals surface area contributed by atoms with Crippen LogP contribution in [0.15, 0.2) is 72.8 Å². The highest BCUT2D eigenvalue weighted by Crippen LogP contribution is 2.26. The molecular formula is C25H25ClFN3O. The number of nitrogens with zero attached hydrogens (tertiary/aromatic N) is 2. The Morgan fingerprint density at radius 2 is 1.52 bits per heavy atom. The second-order valence-electron chi connectivity index (χ2n) is 7.72. The smallest absolute Gasteiger partial charge is 0.251 e. The van der Waals surface area contributed by atoms with Gasteiger partial charge in [0.1, 0.15) is 5.82 Å². The molecule has 0 atom stereocenters. The van der Waals surface area contributed by atoms with E-state index in [2.05, 4.69) is 21.2 Å². The van der Waals surface area contributed by atoms with E-state index in [1.54, 1.807) is 12.1 Å². The zero-order chi connectivity index (χ0) is 21.6. The van der Waals surface area contributed by atoms with Gasteiger partial charge in [-0.2, -0.15) is 0 Å². The van der Waals surface area contributed by atoms with Gasteiger partial charge in [0.2, 0.25) is 0 Å². The number of nitrogens with one attached hydrogen (secondary N) is 1. The van der Waals surface area contributed by atoms with Gasteiger partial charge in [-0.15, -0.1) is 0 Å². The van der Waals surface area contributed by atoms with Gasteiger partial charge in [0.05, 0.1) is 10.7 Å². The largest absolute Gasteiger partial charge is 0.368 e. The Bertz CT molecular complexity index is 1020. The van der Waals surface area contributed by atoms with E-state index in [0.29, 0.717) is 12.1 Å². The van der Waals surface area contributed by atoms with Crippen LogP contribution in [0.1, 0.15) is 21.5 Å². The molecule has 0 saturated carbocycles. The van der Waals surface area contributed by atoms with E-state index < -0.39 is 0 Å². The number of rotatable bonds is 6. The van der Waals surface area contributed by atoms with E-state index in [-0.39, 0.29) is 11.7 Å². The van der Waals surface area contributed by atoms with E-state index >= 15 is 0 Å². The van der Waals surface area contributed by atoms with Gasteiger partial charge < -0.3 is 10.2 Å². The topological polar surface area (TPSA) is 35.6 Å². The lowest BCUT2D eigenvalue weighted by atomic mass is 10.1. The number of amides is 1. The molecule has 1 aliphatic heterocycles. The first-order valence-corrected chi connectivity index (χ1v) is 10.8. The maximum absolute atomic E-state index is 13.0. The average Bonchev–Trinajstić information content (AvgIpc) is 2.80. The molecule has 0 spiro atoms. The molecule has 4 nitrogen and oxygen atoms in total. The summed E-state index contributed by atoms with van der Waals surface area (Å²) in [5.74, 6) is -0.417. The number of carbonyl (C=O) groups excluding carboxylic acids is 1. The zero-order valence-corrected chi connectivity index (χ0v) is 18.0. The lowest BCUT2D eigenvalue weighted by Gasteiger charge is -2.36. The normalized spacial score (nSPS) is 14.5. The van der Waals surface area contributed by atoms with Gasteiger partial charge in [-0.3, -0.25) is 9.69 Å². The minimum absolute atomic E-state index is 0.135. The molecule has 3 aromatic rings. The maximum atomic E-state index is 13.0. The first-order chi connectivity index (χ1) is 15.1. The van der Waals surface area contributed by atoms with Crippen LogP contribution in [0.2, 0.25) is 5.02 Å². The van der Waals surface area contributed by atoms with Crippen molar-refractivity contribution >= 4 is 23.2 Å². The van der Waals surface area contributed by atoms with E-state index in [9.17, 15) is 9.18 Å². The summed E-state index contributed by atoms with van der Waals surface area (Å²) in [4.78, 5) is 17.1. The minimum atomic E-state index is -0.282. The second kappa shape index (κ2) is 9.94. The van der Waals surface area contributed by atoms with Gasteiger partial charge in [-0.1, -0.05) is 48.0 Å². The monoisotopic (exact) mass is 437 g/mol. The fourth-order valence-corrected chi connectivity index (χ4v) is 4.02. The predicted molar refractivity (Wildman–Crippen MR) is 123 cm³/mol. The Morgan fingerprint density at radius 3 is 2.19 bits per heavy atom. The number of anilines is 1. The Kier molecular flexibility index (Phi) is 6.85. The van der Waals surface area contributed by atoms with E-state index in [0.717, 1.165) is 49.0 Å². The number of benzene rings is 3. The van der Waals surface area contributed by atoms with E-state index in [4.69, 9.17) is 11.6 Å². The lowest BCUT2D eigenvalue weighted by molar-refractivity contribution is 0.0951. The molecule has 1 heterocycles. The van der Waals surface area contributed by atoms with Crippen molar-refractivity contribution in [3.63, 3.8) is 0 Å². The first kappa shape index (κ1) is 21.3. The summed E-state index contributed by atoms with van der Waals surface area (Å²) >= 11 is 6.32. The van der Waals surface area contributed by atoms with Crippen LogP contribution in [0, 0.1) is 5.82 Å².